The van der Waals surface area contributed by atoms with Crippen molar-refractivity contribution in [3.63, 3.8) is 0 Å². The van der Waals surface area contributed by atoms with Crippen molar-refractivity contribution in [2.45, 2.75) is 71.9 Å². The molecule has 2 saturated heterocycles. The monoisotopic (exact) mass is 500 g/mol. The fraction of sp³-hybridized carbons (Fsp3) is 0.679. The van der Waals surface area contributed by atoms with E-state index in [2.05, 4.69) is 33.0 Å². The number of amides is 3. The molecule has 3 N–H and O–H groups in total. The minimum absolute atomic E-state index is 0.0686. The Kier molecular flexibility index (Phi) is 10.2. The maximum absolute atomic E-state index is 13.6. The Morgan fingerprint density at radius 2 is 1.72 bits per heavy atom. The van der Waals surface area contributed by atoms with E-state index in [0.717, 1.165) is 37.1 Å². The smallest absolute Gasteiger partial charge is 0.245 e. The summed E-state index contributed by atoms with van der Waals surface area (Å²) in [4.78, 5) is 41.8. The van der Waals surface area contributed by atoms with E-state index in [1.807, 2.05) is 34.1 Å². The van der Waals surface area contributed by atoms with E-state index in [4.69, 9.17) is 10.5 Å². The Morgan fingerprint density at radius 3 is 2.31 bits per heavy atom. The molecule has 2 atom stereocenters. The number of hydrogen-bond acceptors (Lipinski definition) is 5. The summed E-state index contributed by atoms with van der Waals surface area (Å²) in [5, 5.41) is 3.35. The van der Waals surface area contributed by atoms with E-state index in [0.29, 0.717) is 50.4 Å². The first-order chi connectivity index (χ1) is 17.1. The first kappa shape index (κ1) is 28.0. The van der Waals surface area contributed by atoms with Gasteiger partial charge in [0, 0.05) is 26.2 Å². The quantitative estimate of drug-likeness (QED) is 0.486. The van der Waals surface area contributed by atoms with Gasteiger partial charge in [0.25, 0.3) is 0 Å². The van der Waals surface area contributed by atoms with Crippen molar-refractivity contribution in [2.24, 2.45) is 23.5 Å². The van der Waals surface area contributed by atoms with Gasteiger partial charge in [-0.2, -0.15) is 0 Å². The lowest BCUT2D eigenvalue weighted by molar-refractivity contribution is -0.150. The molecule has 2 fully saturated rings. The van der Waals surface area contributed by atoms with Crippen LogP contribution in [0.25, 0.3) is 0 Å². The van der Waals surface area contributed by atoms with Crippen LogP contribution < -0.4 is 15.8 Å². The molecule has 3 rings (SSSR count). The van der Waals surface area contributed by atoms with Crippen LogP contribution in [0.15, 0.2) is 24.3 Å². The Hall–Kier alpha value is -2.61. The molecule has 2 aliphatic rings. The minimum Gasteiger partial charge on any atom is -0.493 e. The zero-order chi connectivity index (χ0) is 26.2. The molecule has 0 aliphatic carbocycles. The number of ether oxygens (including phenoxy) is 1. The standard InChI is InChI=1S/C28H44N4O4/c1-19(2)15-24-27(34)32(14-11-30-24)25(16-20(3)4)28(35)31-12-9-22(10-13-31)18-36-23-7-5-21(6-8-23)17-26(29)33/h5-8,19-20,22,24-25,30H,9-18H2,1-4H3,(H2,29,33)/t24-,25?/m0/s1. The molecule has 8 heteroatoms. The van der Waals surface area contributed by atoms with Crippen LogP contribution in [0.4, 0.5) is 0 Å². The van der Waals surface area contributed by atoms with Crippen LogP contribution in [-0.4, -0.2) is 72.4 Å². The van der Waals surface area contributed by atoms with Crippen molar-refractivity contribution >= 4 is 17.7 Å². The maximum atomic E-state index is 13.6. The second-order valence-electron chi connectivity index (χ2n) is 11.2. The third-order valence-corrected chi connectivity index (χ3v) is 7.10. The summed E-state index contributed by atoms with van der Waals surface area (Å²) in [5.41, 5.74) is 6.12. The second kappa shape index (κ2) is 13.1. The molecular weight excluding hydrogens is 456 g/mol. The summed E-state index contributed by atoms with van der Waals surface area (Å²) < 4.78 is 5.97. The maximum Gasteiger partial charge on any atom is 0.245 e. The second-order valence-corrected chi connectivity index (χ2v) is 11.2. The lowest BCUT2D eigenvalue weighted by atomic mass is 9.94. The Bertz CT molecular complexity index is 878. The van der Waals surface area contributed by atoms with Gasteiger partial charge in [0.2, 0.25) is 17.7 Å². The van der Waals surface area contributed by atoms with E-state index in [-0.39, 0.29) is 36.2 Å². The molecule has 1 aromatic carbocycles. The minimum atomic E-state index is -0.388. The highest BCUT2D eigenvalue weighted by Crippen LogP contribution is 2.24. The molecule has 2 heterocycles. The lowest BCUT2D eigenvalue weighted by Crippen LogP contribution is -2.62. The highest BCUT2D eigenvalue weighted by Gasteiger charge is 2.39. The number of nitrogens with two attached hydrogens (primary N) is 1. The molecular formula is C28H44N4O4. The molecule has 2 aliphatic heterocycles. The van der Waals surface area contributed by atoms with Crippen LogP contribution in [0, 0.1) is 17.8 Å². The van der Waals surface area contributed by atoms with E-state index < -0.39 is 0 Å². The highest BCUT2D eigenvalue weighted by molar-refractivity contribution is 5.90. The number of piperidine rings is 1. The third kappa shape index (κ3) is 7.95. The van der Waals surface area contributed by atoms with Crippen LogP contribution in [-0.2, 0) is 20.8 Å². The topological polar surface area (TPSA) is 105 Å². The number of benzene rings is 1. The normalized spacial score (nSPS) is 20.2. The van der Waals surface area contributed by atoms with Crippen molar-refractivity contribution in [2.75, 3.05) is 32.8 Å². The van der Waals surface area contributed by atoms with Crippen molar-refractivity contribution in [3.8, 4) is 5.75 Å². The zero-order valence-corrected chi connectivity index (χ0v) is 22.4. The number of likely N-dealkylation sites (tertiary alicyclic amines) is 1. The summed E-state index contributed by atoms with van der Waals surface area (Å²) in [6.45, 7) is 11.8. The van der Waals surface area contributed by atoms with Crippen LogP contribution in [0.3, 0.4) is 0 Å². The van der Waals surface area contributed by atoms with Gasteiger partial charge >= 0.3 is 0 Å². The molecule has 0 spiro atoms. The van der Waals surface area contributed by atoms with Gasteiger partial charge in [-0.25, -0.2) is 0 Å². The van der Waals surface area contributed by atoms with E-state index in [1.165, 1.54) is 0 Å². The Labute approximate surface area is 215 Å². The van der Waals surface area contributed by atoms with Crippen LogP contribution in [0.1, 0.15) is 58.9 Å². The average Bonchev–Trinajstić information content (AvgIpc) is 2.83. The molecule has 8 nitrogen and oxygen atoms in total. The van der Waals surface area contributed by atoms with Crippen molar-refractivity contribution in [1.29, 1.82) is 0 Å². The summed E-state index contributed by atoms with van der Waals surface area (Å²) in [5.74, 6) is 1.69. The summed E-state index contributed by atoms with van der Waals surface area (Å²) in [6.07, 6.45) is 3.46. The van der Waals surface area contributed by atoms with Gasteiger partial charge in [0.1, 0.15) is 11.8 Å². The lowest BCUT2D eigenvalue weighted by Gasteiger charge is -2.42. The van der Waals surface area contributed by atoms with Crippen LogP contribution in [0.2, 0.25) is 0 Å². The number of rotatable bonds is 11. The van der Waals surface area contributed by atoms with Gasteiger partial charge in [0.05, 0.1) is 19.1 Å². The van der Waals surface area contributed by atoms with Crippen molar-refractivity contribution in [3.05, 3.63) is 29.8 Å². The number of carbonyl (C=O) groups is 3. The first-order valence-corrected chi connectivity index (χ1v) is 13.5. The molecule has 0 saturated carbocycles. The van der Waals surface area contributed by atoms with Gasteiger partial charge in [-0.05, 0) is 61.1 Å². The predicted molar refractivity (Wildman–Crippen MR) is 140 cm³/mol. The third-order valence-electron chi connectivity index (χ3n) is 7.10. The number of primary amides is 1. The molecule has 0 radical (unpaired) electrons. The number of piperazine rings is 1. The average molecular weight is 501 g/mol. The number of nitrogens with zero attached hydrogens (tertiary/aromatic N) is 2. The van der Waals surface area contributed by atoms with Gasteiger partial charge in [-0.1, -0.05) is 39.8 Å². The van der Waals surface area contributed by atoms with Crippen molar-refractivity contribution in [1.82, 2.24) is 15.1 Å². The van der Waals surface area contributed by atoms with Crippen LogP contribution >= 0.6 is 0 Å². The fourth-order valence-electron chi connectivity index (χ4n) is 5.18. The van der Waals surface area contributed by atoms with Crippen LogP contribution in [0.5, 0.6) is 5.75 Å². The molecule has 200 valence electrons. The predicted octanol–water partition coefficient (Wildman–Crippen LogP) is 2.59. The molecule has 1 unspecified atom stereocenters. The molecule has 36 heavy (non-hydrogen) atoms. The SMILES string of the molecule is CC(C)CC(C(=O)N1CCC(COc2ccc(CC(N)=O)cc2)CC1)N1CCN[C@@H](CC(C)C)C1=O. The molecule has 1 aromatic rings. The molecule has 0 bridgehead atoms. The largest absolute Gasteiger partial charge is 0.493 e. The Morgan fingerprint density at radius 1 is 1.06 bits per heavy atom. The number of nitrogens with one attached hydrogen (secondary N) is 1. The van der Waals surface area contributed by atoms with E-state index in [9.17, 15) is 14.4 Å². The summed E-state index contributed by atoms with van der Waals surface area (Å²) in [6, 6.07) is 6.86. The van der Waals surface area contributed by atoms with Gasteiger partial charge in [-0.3, -0.25) is 14.4 Å². The summed E-state index contributed by atoms with van der Waals surface area (Å²) in [7, 11) is 0. The van der Waals surface area contributed by atoms with E-state index >= 15 is 0 Å². The number of hydrogen-bond donors (Lipinski definition) is 2. The van der Waals surface area contributed by atoms with Crippen molar-refractivity contribution < 1.29 is 19.1 Å². The highest BCUT2D eigenvalue weighted by atomic mass is 16.5. The van der Waals surface area contributed by atoms with Gasteiger partial charge < -0.3 is 25.6 Å². The molecule has 3 amide bonds. The van der Waals surface area contributed by atoms with E-state index in [1.54, 1.807) is 0 Å². The number of carbonyl (C=O) groups excluding carboxylic acids is 3. The fourth-order valence-corrected chi connectivity index (χ4v) is 5.18. The Balaban J connectivity index is 1.54. The first-order valence-electron chi connectivity index (χ1n) is 13.5. The zero-order valence-electron chi connectivity index (χ0n) is 22.4. The van der Waals surface area contributed by atoms with Gasteiger partial charge in [0.15, 0.2) is 0 Å². The summed E-state index contributed by atoms with van der Waals surface area (Å²) >= 11 is 0. The van der Waals surface area contributed by atoms with Gasteiger partial charge in [-0.15, -0.1) is 0 Å². The molecule has 0 aromatic heterocycles.